The summed E-state index contributed by atoms with van der Waals surface area (Å²) in [5, 5.41) is 10.6. The predicted octanol–water partition coefficient (Wildman–Crippen LogP) is 5.96. The van der Waals surface area contributed by atoms with E-state index < -0.39 is 6.10 Å². The summed E-state index contributed by atoms with van der Waals surface area (Å²) in [5.41, 5.74) is 0.880. The summed E-state index contributed by atoms with van der Waals surface area (Å²) in [4.78, 5) is 2.07. The van der Waals surface area contributed by atoms with Gasteiger partial charge in [-0.15, -0.1) is 0 Å². The van der Waals surface area contributed by atoms with Crippen LogP contribution in [-0.2, 0) is 0 Å². The van der Waals surface area contributed by atoms with Crippen LogP contribution in [0.3, 0.4) is 0 Å². The van der Waals surface area contributed by atoms with E-state index in [-0.39, 0.29) is 0 Å². The van der Waals surface area contributed by atoms with Crippen molar-refractivity contribution in [1.82, 2.24) is 0 Å². The minimum Gasteiger partial charge on any atom is -0.389 e. The lowest BCUT2D eigenvalue weighted by Crippen LogP contribution is -1.90. The third-order valence-electron chi connectivity index (χ3n) is 2.56. The molecule has 1 N–H and O–H groups in total. The topological polar surface area (TPSA) is 20.2 Å². The Kier molecular flexibility index (Phi) is 5.21. The zero-order valence-corrected chi connectivity index (χ0v) is 13.9. The van der Waals surface area contributed by atoms with E-state index in [1.807, 2.05) is 30.3 Å². The van der Waals surface area contributed by atoms with Crippen molar-refractivity contribution < 1.29 is 5.11 Å². The summed E-state index contributed by atoms with van der Waals surface area (Å²) in [6.45, 7) is 1.74. The first-order valence-corrected chi connectivity index (χ1v) is 7.94. The Labute approximate surface area is 135 Å². The zero-order valence-electron chi connectivity index (χ0n) is 10.0. The van der Waals surface area contributed by atoms with Crippen LogP contribution in [0.15, 0.2) is 50.7 Å². The van der Waals surface area contributed by atoms with Gasteiger partial charge in [-0.2, -0.15) is 0 Å². The number of aliphatic hydroxyl groups excluding tert-OH is 1. The molecule has 100 valence electrons. The van der Waals surface area contributed by atoms with E-state index in [1.165, 1.54) is 0 Å². The first-order valence-electron chi connectivity index (χ1n) is 5.58. The minimum absolute atomic E-state index is 0.472. The average molecular weight is 378 g/mol. The SMILES string of the molecule is C[C@H](O)c1ccc(Sc2ccc(Cl)c(Cl)c2)c(Br)c1. The Hall–Kier alpha value is -0.190. The average Bonchev–Trinajstić information content (AvgIpc) is 2.36. The number of aliphatic hydroxyl groups is 1. The molecule has 2 aromatic rings. The fraction of sp³-hybridized carbons (Fsp3) is 0.143. The normalized spacial score (nSPS) is 12.5. The highest BCUT2D eigenvalue weighted by Crippen LogP contribution is 2.37. The Bertz CT molecular complexity index is 602. The van der Waals surface area contributed by atoms with E-state index in [0.29, 0.717) is 10.0 Å². The van der Waals surface area contributed by atoms with Crippen molar-refractivity contribution in [2.24, 2.45) is 0 Å². The van der Waals surface area contributed by atoms with E-state index in [0.717, 1.165) is 19.8 Å². The quantitative estimate of drug-likeness (QED) is 0.711. The van der Waals surface area contributed by atoms with Gasteiger partial charge in [-0.1, -0.05) is 41.0 Å². The maximum Gasteiger partial charge on any atom is 0.0762 e. The molecule has 0 aliphatic carbocycles. The van der Waals surface area contributed by atoms with Gasteiger partial charge in [0, 0.05) is 14.3 Å². The molecule has 1 nitrogen and oxygen atoms in total. The lowest BCUT2D eigenvalue weighted by atomic mass is 10.1. The molecule has 2 rings (SSSR count). The van der Waals surface area contributed by atoms with Crippen LogP contribution in [0.4, 0.5) is 0 Å². The first-order chi connectivity index (χ1) is 8.97. The summed E-state index contributed by atoms with van der Waals surface area (Å²) in [5.74, 6) is 0. The van der Waals surface area contributed by atoms with Gasteiger partial charge in [0.25, 0.3) is 0 Å². The standard InChI is InChI=1S/C14H11BrCl2OS/c1-8(18)9-2-5-14(11(15)6-9)19-10-3-4-12(16)13(17)7-10/h2-8,18H,1H3/t8-/m0/s1. The second kappa shape index (κ2) is 6.51. The molecule has 0 aromatic heterocycles. The van der Waals surface area contributed by atoms with Gasteiger partial charge in [0.15, 0.2) is 0 Å². The Morgan fingerprint density at radius 1 is 1.11 bits per heavy atom. The molecule has 5 heteroatoms. The van der Waals surface area contributed by atoms with Crippen LogP contribution in [0, 0.1) is 0 Å². The van der Waals surface area contributed by atoms with Crippen molar-refractivity contribution in [3.05, 3.63) is 56.5 Å². The van der Waals surface area contributed by atoms with Crippen LogP contribution >= 0.6 is 50.9 Å². The number of rotatable bonds is 3. The molecule has 0 fully saturated rings. The van der Waals surface area contributed by atoms with Gasteiger partial charge >= 0.3 is 0 Å². The molecule has 0 unspecified atom stereocenters. The summed E-state index contributed by atoms with van der Waals surface area (Å²) < 4.78 is 0.946. The van der Waals surface area contributed by atoms with Crippen LogP contribution < -0.4 is 0 Å². The largest absolute Gasteiger partial charge is 0.389 e. The van der Waals surface area contributed by atoms with Gasteiger partial charge < -0.3 is 5.11 Å². The molecule has 0 heterocycles. The highest BCUT2D eigenvalue weighted by atomic mass is 79.9. The van der Waals surface area contributed by atoms with Gasteiger partial charge in [0.1, 0.15) is 0 Å². The molecule has 0 amide bonds. The summed E-state index contributed by atoms with van der Waals surface area (Å²) in [6, 6.07) is 11.3. The number of halogens is 3. The summed E-state index contributed by atoms with van der Waals surface area (Å²) in [6.07, 6.45) is -0.472. The number of hydrogen-bond donors (Lipinski definition) is 1. The van der Waals surface area contributed by atoms with Crippen molar-refractivity contribution in [3.8, 4) is 0 Å². The molecule has 19 heavy (non-hydrogen) atoms. The fourth-order valence-corrected chi connectivity index (χ4v) is 3.39. The van der Waals surface area contributed by atoms with Crippen LogP contribution in [0.5, 0.6) is 0 Å². The van der Waals surface area contributed by atoms with Gasteiger partial charge in [0.05, 0.1) is 16.1 Å². The van der Waals surface area contributed by atoms with Crippen molar-refractivity contribution in [2.45, 2.75) is 22.8 Å². The van der Waals surface area contributed by atoms with E-state index >= 15 is 0 Å². The third-order valence-corrected chi connectivity index (χ3v) is 5.28. The molecule has 0 saturated heterocycles. The zero-order chi connectivity index (χ0) is 14.0. The van der Waals surface area contributed by atoms with E-state index in [4.69, 9.17) is 23.2 Å². The molecule has 0 radical (unpaired) electrons. The van der Waals surface area contributed by atoms with E-state index in [1.54, 1.807) is 24.8 Å². The van der Waals surface area contributed by atoms with E-state index in [2.05, 4.69) is 15.9 Å². The Morgan fingerprint density at radius 3 is 2.42 bits per heavy atom. The van der Waals surface area contributed by atoms with Crippen LogP contribution in [0.25, 0.3) is 0 Å². The lowest BCUT2D eigenvalue weighted by Gasteiger charge is -2.09. The second-order valence-corrected chi connectivity index (χ2v) is 6.83. The molecule has 0 aliphatic rings. The molecule has 0 bridgehead atoms. The molecular weight excluding hydrogens is 367 g/mol. The molecule has 0 saturated carbocycles. The molecular formula is C14H11BrCl2OS. The van der Waals surface area contributed by atoms with Crippen LogP contribution in [0.2, 0.25) is 10.0 Å². The van der Waals surface area contributed by atoms with Gasteiger partial charge in [-0.3, -0.25) is 0 Å². The first kappa shape index (κ1) is 15.2. The molecule has 2 aromatic carbocycles. The smallest absolute Gasteiger partial charge is 0.0762 e. The van der Waals surface area contributed by atoms with Gasteiger partial charge in [-0.05, 0) is 58.7 Å². The molecule has 1 atom stereocenters. The maximum absolute atomic E-state index is 9.54. The number of benzene rings is 2. The Balaban J connectivity index is 2.25. The van der Waals surface area contributed by atoms with Crippen molar-refractivity contribution in [2.75, 3.05) is 0 Å². The van der Waals surface area contributed by atoms with Gasteiger partial charge in [-0.25, -0.2) is 0 Å². The highest BCUT2D eigenvalue weighted by molar-refractivity contribution is 9.10. The van der Waals surface area contributed by atoms with Gasteiger partial charge in [0.2, 0.25) is 0 Å². The van der Waals surface area contributed by atoms with E-state index in [9.17, 15) is 5.11 Å². The summed E-state index contributed by atoms with van der Waals surface area (Å²) in [7, 11) is 0. The van der Waals surface area contributed by atoms with Crippen molar-refractivity contribution in [1.29, 1.82) is 0 Å². The van der Waals surface area contributed by atoms with Crippen molar-refractivity contribution >= 4 is 50.9 Å². The van der Waals surface area contributed by atoms with Crippen LogP contribution in [0.1, 0.15) is 18.6 Å². The van der Waals surface area contributed by atoms with Crippen LogP contribution in [-0.4, -0.2) is 5.11 Å². The molecule has 0 spiro atoms. The second-order valence-electron chi connectivity index (χ2n) is 4.04. The highest BCUT2D eigenvalue weighted by Gasteiger charge is 2.08. The van der Waals surface area contributed by atoms with Crippen molar-refractivity contribution in [3.63, 3.8) is 0 Å². The minimum atomic E-state index is -0.472. The maximum atomic E-state index is 9.54. The summed E-state index contributed by atoms with van der Waals surface area (Å²) >= 11 is 17.0. The molecule has 0 aliphatic heterocycles. The predicted molar refractivity (Wildman–Crippen MR) is 85.4 cm³/mol. The monoisotopic (exact) mass is 376 g/mol. The number of hydrogen-bond acceptors (Lipinski definition) is 2. The fourth-order valence-electron chi connectivity index (χ4n) is 1.53. The third kappa shape index (κ3) is 3.89. The Morgan fingerprint density at radius 2 is 1.84 bits per heavy atom. The lowest BCUT2D eigenvalue weighted by molar-refractivity contribution is 0.199.